The van der Waals surface area contributed by atoms with Gasteiger partial charge in [0.25, 0.3) is 5.91 Å². The zero-order valence-corrected chi connectivity index (χ0v) is 18.6. The molecule has 2 aromatic rings. The summed E-state index contributed by atoms with van der Waals surface area (Å²) in [5.74, 6) is -0.361. The van der Waals surface area contributed by atoms with Gasteiger partial charge in [-0.1, -0.05) is 0 Å². The number of nitrogens with one attached hydrogen (secondary N) is 4. The lowest BCUT2D eigenvalue weighted by Crippen LogP contribution is -2.32. The Kier molecular flexibility index (Phi) is 6.97. The second-order valence-electron chi connectivity index (χ2n) is 7.98. The molecule has 4 N–H and O–H groups in total. The molecule has 0 saturated heterocycles. The fraction of sp³-hybridized carbons (Fsp3) is 0.364. The first-order valence-corrected chi connectivity index (χ1v) is 11.7. The van der Waals surface area contributed by atoms with E-state index in [1.807, 2.05) is 0 Å². The van der Waals surface area contributed by atoms with Crippen LogP contribution in [-0.4, -0.2) is 38.4 Å². The molecule has 1 aliphatic rings. The minimum atomic E-state index is -3.58. The molecule has 1 aliphatic carbocycles. The number of sulfonamides is 1. The molecule has 0 aromatic heterocycles. The normalized spacial score (nSPS) is 14.7. The van der Waals surface area contributed by atoms with Gasteiger partial charge in [0.2, 0.25) is 15.9 Å². The summed E-state index contributed by atoms with van der Waals surface area (Å²) in [5, 5.41) is 8.78. The van der Waals surface area contributed by atoms with E-state index in [9.17, 15) is 18.0 Å². The summed E-state index contributed by atoms with van der Waals surface area (Å²) in [6, 6.07) is 12.5. The monoisotopic (exact) mass is 444 g/mol. The smallest absolute Gasteiger partial charge is 0.251 e. The molecule has 0 heterocycles. The maximum atomic E-state index is 12.5. The fourth-order valence-electron chi connectivity index (χ4n) is 2.88. The van der Waals surface area contributed by atoms with Gasteiger partial charge >= 0.3 is 0 Å². The van der Waals surface area contributed by atoms with Crippen molar-refractivity contribution in [1.29, 1.82) is 0 Å². The van der Waals surface area contributed by atoms with Crippen molar-refractivity contribution in [3.63, 3.8) is 0 Å². The topological polar surface area (TPSA) is 116 Å². The predicted molar refractivity (Wildman–Crippen MR) is 121 cm³/mol. The Hall–Kier alpha value is -2.91. The maximum Gasteiger partial charge on any atom is 0.251 e. The number of carbonyl (C=O) groups is 2. The van der Waals surface area contributed by atoms with Gasteiger partial charge in [0.15, 0.2) is 0 Å². The molecule has 31 heavy (non-hydrogen) atoms. The van der Waals surface area contributed by atoms with Gasteiger partial charge in [-0.15, -0.1) is 0 Å². The zero-order valence-electron chi connectivity index (χ0n) is 17.8. The zero-order chi connectivity index (χ0) is 22.6. The first-order valence-electron chi connectivity index (χ1n) is 10.2. The van der Waals surface area contributed by atoms with Crippen LogP contribution in [-0.2, 0) is 14.8 Å². The molecule has 1 unspecified atom stereocenters. The summed E-state index contributed by atoms with van der Waals surface area (Å²) in [4.78, 5) is 24.7. The van der Waals surface area contributed by atoms with Crippen molar-refractivity contribution in [3.8, 4) is 0 Å². The Labute approximate surface area is 182 Å². The molecular weight excluding hydrogens is 416 g/mol. The summed E-state index contributed by atoms with van der Waals surface area (Å²) in [7, 11) is -3.58. The Morgan fingerprint density at radius 1 is 0.903 bits per heavy atom. The highest BCUT2D eigenvalue weighted by Crippen LogP contribution is 2.20. The first-order chi connectivity index (χ1) is 14.6. The van der Waals surface area contributed by atoms with E-state index in [-0.39, 0.29) is 22.8 Å². The second-order valence-corrected chi connectivity index (χ2v) is 9.69. The van der Waals surface area contributed by atoms with Gasteiger partial charge in [-0.05, 0) is 82.1 Å². The molecule has 0 bridgehead atoms. The molecule has 1 atom stereocenters. The third kappa shape index (κ3) is 6.53. The van der Waals surface area contributed by atoms with Crippen LogP contribution in [0.25, 0.3) is 0 Å². The number of benzene rings is 2. The summed E-state index contributed by atoms with van der Waals surface area (Å²) >= 11 is 0. The SMILES string of the molecule is CC(C)NS(=O)(=O)c1ccc(NC(=O)C(C)Nc2ccc(C(=O)NC3CC3)cc2)cc1. The average molecular weight is 445 g/mol. The van der Waals surface area contributed by atoms with Crippen LogP contribution in [0.3, 0.4) is 0 Å². The standard InChI is InChI=1S/C22H28N4O4S/c1-14(2)26-31(29,30)20-12-10-19(11-13-20)24-21(27)15(3)23-17-6-4-16(5-7-17)22(28)25-18-8-9-18/h4-7,10-15,18,23,26H,8-9H2,1-3H3,(H,24,27)(H,25,28). The predicted octanol–water partition coefficient (Wildman–Crippen LogP) is 2.70. The Morgan fingerprint density at radius 2 is 1.48 bits per heavy atom. The van der Waals surface area contributed by atoms with E-state index in [4.69, 9.17) is 0 Å². The molecule has 9 heteroatoms. The Bertz CT molecular complexity index is 1030. The van der Waals surface area contributed by atoms with Gasteiger partial charge in [-0.3, -0.25) is 9.59 Å². The largest absolute Gasteiger partial charge is 0.374 e. The van der Waals surface area contributed by atoms with Crippen LogP contribution >= 0.6 is 0 Å². The molecule has 2 aromatic carbocycles. The minimum absolute atomic E-state index is 0.0890. The number of hydrogen-bond donors (Lipinski definition) is 4. The van der Waals surface area contributed by atoms with E-state index < -0.39 is 16.1 Å². The average Bonchev–Trinajstić information content (AvgIpc) is 3.52. The maximum absolute atomic E-state index is 12.5. The quantitative estimate of drug-likeness (QED) is 0.475. The molecule has 1 saturated carbocycles. The van der Waals surface area contributed by atoms with Crippen LogP contribution in [0.2, 0.25) is 0 Å². The summed E-state index contributed by atoms with van der Waals surface area (Å²) in [6.07, 6.45) is 2.07. The van der Waals surface area contributed by atoms with Crippen molar-refractivity contribution in [1.82, 2.24) is 10.0 Å². The van der Waals surface area contributed by atoms with Gasteiger partial charge < -0.3 is 16.0 Å². The Morgan fingerprint density at radius 3 is 2.03 bits per heavy atom. The van der Waals surface area contributed by atoms with Gasteiger partial charge in [0, 0.05) is 29.0 Å². The van der Waals surface area contributed by atoms with Crippen molar-refractivity contribution in [2.75, 3.05) is 10.6 Å². The van der Waals surface area contributed by atoms with E-state index >= 15 is 0 Å². The van der Waals surface area contributed by atoms with Crippen molar-refractivity contribution in [2.45, 2.75) is 56.6 Å². The second kappa shape index (κ2) is 9.49. The van der Waals surface area contributed by atoms with Crippen LogP contribution in [0.15, 0.2) is 53.4 Å². The van der Waals surface area contributed by atoms with Crippen molar-refractivity contribution in [3.05, 3.63) is 54.1 Å². The van der Waals surface area contributed by atoms with Crippen molar-refractivity contribution >= 4 is 33.2 Å². The van der Waals surface area contributed by atoms with Crippen LogP contribution in [0.5, 0.6) is 0 Å². The minimum Gasteiger partial charge on any atom is -0.374 e. The van der Waals surface area contributed by atoms with Crippen LogP contribution in [0, 0.1) is 0 Å². The highest BCUT2D eigenvalue weighted by molar-refractivity contribution is 7.89. The third-order valence-electron chi connectivity index (χ3n) is 4.66. The molecule has 0 aliphatic heterocycles. The lowest BCUT2D eigenvalue weighted by Gasteiger charge is -2.16. The third-order valence-corrected chi connectivity index (χ3v) is 6.33. The number of amides is 2. The fourth-order valence-corrected chi connectivity index (χ4v) is 4.13. The van der Waals surface area contributed by atoms with Crippen LogP contribution in [0.4, 0.5) is 11.4 Å². The van der Waals surface area contributed by atoms with Gasteiger partial charge in [0.1, 0.15) is 6.04 Å². The highest BCUT2D eigenvalue weighted by Gasteiger charge is 2.23. The molecule has 0 radical (unpaired) electrons. The van der Waals surface area contributed by atoms with Gasteiger partial charge in [-0.25, -0.2) is 13.1 Å². The molecule has 8 nitrogen and oxygen atoms in total. The van der Waals surface area contributed by atoms with E-state index in [2.05, 4.69) is 20.7 Å². The molecule has 166 valence electrons. The molecule has 0 spiro atoms. The number of hydrogen-bond acceptors (Lipinski definition) is 5. The van der Waals surface area contributed by atoms with E-state index in [1.165, 1.54) is 12.1 Å². The van der Waals surface area contributed by atoms with Crippen molar-refractivity contribution in [2.24, 2.45) is 0 Å². The van der Waals surface area contributed by atoms with Gasteiger partial charge in [-0.2, -0.15) is 0 Å². The van der Waals surface area contributed by atoms with Crippen molar-refractivity contribution < 1.29 is 18.0 Å². The van der Waals surface area contributed by atoms with Crippen LogP contribution in [0.1, 0.15) is 44.0 Å². The Balaban J connectivity index is 1.54. The molecule has 1 fully saturated rings. The number of anilines is 2. The lowest BCUT2D eigenvalue weighted by molar-refractivity contribution is -0.116. The first kappa shape index (κ1) is 22.8. The van der Waals surface area contributed by atoms with E-state index in [1.54, 1.807) is 57.2 Å². The van der Waals surface area contributed by atoms with Crippen LogP contribution < -0.4 is 20.7 Å². The lowest BCUT2D eigenvalue weighted by atomic mass is 10.1. The number of rotatable bonds is 9. The molecule has 3 rings (SSSR count). The van der Waals surface area contributed by atoms with E-state index in [0.29, 0.717) is 23.0 Å². The highest BCUT2D eigenvalue weighted by atomic mass is 32.2. The molecule has 2 amide bonds. The molecular formula is C22H28N4O4S. The number of carbonyl (C=O) groups excluding carboxylic acids is 2. The van der Waals surface area contributed by atoms with Gasteiger partial charge in [0.05, 0.1) is 4.90 Å². The van der Waals surface area contributed by atoms with E-state index in [0.717, 1.165) is 12.8 Å². The summed E-state index contributed by atoms with van der Waals surface area (Å²) in [5.41, 5.74) is 1.79. The summed E-state index contributed by atoms with van der Waals surface area (Å²) < 4.78 is 26.9. The summed E-state index contributed by atoms with van der Waals surface area (Å²) in [6.45, 7) is 5.21.